The van der Waals surface area contributed by atoms with Crippen molar-refractivity contribution in [3.8, 4) is 0 Å². The molecule has 1 aromatic carbocycles. The number of nitrogens with one attached hydrogen (secondary N) is 1. The van der Waals surface area contributed by atoms with Crippen LogP contribution in [0, 0.1) is 6.92 Å². The number of carbonyl (C=O) groups excluding carboxylic acids is 1. The zero-order valence-corrected chi connectivity index (χ0v) is 11.1. The van der Waals surface area contributed by atoms with Crippen molar-refractivity contribution in [2.75, 3.05) is 13.2 Å². The van der Waals surface area contributed by atoms with Crippen LogP contribution in [0.2, 0.25) is 0 Å². The molecule has 0 spiro atoms. The average molecular weight is 247 g/mol. The number of Topliss-reactive ketones (excluding diaryl/α,β-unsaturated/α-hetero) is 1. The van der Waals surface area contributed by atoms with E-state index in [4.69, 9.17) is 4.74 Å². The van der Waals surface area contributed by atoms with Gasteiger partial charge in [-0.3, -0.25) is 4.79 Å². The number of ether oxygens (including phenoxy) is 1. The molecule has 1 aliphatic rings. The Morgan fingerprint density at radius 2 is 2.17 bits per heavy atom. The first-order valence-corrected chi connectivity index (χ1v) is 6.62. The summed E-state index contributed by atoms with van der Waals surface area (Å²) in [5.41, 5.74) is 1.94. The highest BCUT2D eigenvalue weighted by molar-refractivity contribution is 5.99. The minimum Gasteiger partial charge on any atom is -0.377 e. The Labute approximate surface area is 109 Å². The van der Waals surface area contributed by atoms with Crippen molar-refractivity contribution in [1.82, 2.24) is 5.32 Å². The molecule has 18 heavy (non-hydrogen) atoms. The molecule has 1 fully saturated rings. The zero-order valence-electron chi connectivity index (χ0n) is 11.1. The monoisotopic (exact) mass is 247 g/mol. The van der Waals surface area contributed by atoms with Crippen LogP contribution in [-0.4, -0.2) is 31.1 Å². The fourth-order valence-corrected chi connectivity index (χ4v) is 2.17. The Morgan fingerprint density at radius 1 is 1.44 bits per heavy atom. The highest BCUT2D eigenvalue weighted by Crippen LogP contribution is 2.11. The number of carbonyl (C=O) groups is 1. The molecule has 1 N–H and O–H groups in total. The predicted molar refractivity (Wildman–Crippen MR) is 71.9 cm³/mol. The lowest BCUT2D eigenvalue weighted by atomic mass is 10.0. The predicted octanol–water partition coefficient (Wildman–Crippen LogP) is 2.33. The fourth-order valence-electron chi connectivity index (χ4n) is 2.17. The van der Waals surface area contributed by atoms with Gasteiger partial charge in [0.15, 0.2) is 5.78 Å². The Hall–Kier alpha value is -1.19. The first kappa shape index (κ1) is 13.2. The largest absolute Gasteiger partial charge is 0.377 e. The number of ketones is 1. The van der Waals surface area contributed by atoms with Gasteiger partial charge >= 0.3 is 0 Å². The summed E-state index contributed by atoms with van der Waals surface area (Å²) in [6, 6.07) is 7.57. The molecule has 0 amide bonds. The SMILES string of the molecule is Cc1ccc(C(=O)C(C)NCC2CCCO2)cc1. The van der Waals surface area contributed by atoms with E-state index < -0.39 is 0 Å². The van der Waals surface area contributed by atoms with Crippen LogP contribution in [0.5, 0.6) is 0 Å². The van der Waals surface area contributed by atoms with Crippen LogP contribution in [0.4, 0.5) is 0 Å². The summed E-state index contributed by atoms with van der Waals surface area (Å²) in [5, 5.41) is 3.26. The molecule has 2 atom stereocenters. The minimum atomic E-state index is -0.156. The normalized spacial score (nSPS) is 20.9. The van der Waals surface area contributed by atoms with E-state index in [1.165, 1.54) is 5.56 Å². The van der Waals surface area contributed by atoms with Gasteiger partial charge in [0.2, 0.25) is 0 Å². The Balaban J connectivity index is 1.85. The van der Waals surface area contributed by atoms with E-state index in [1.54, 1.807) is 0 Å². The van der Waals surface area contributed by atoms with Crippen LogP contribution in [-0.2, 0) is 4.74 Å². The molecule has 1 heterocycles. The van der Waals surface area contributed by atoms with Crippen LogP contribution in [0.15, 0.2) is 24.3 Å². The number of aryl methyl sites for hydroxylation is 1. The second-order valence-electron chi connectivity index (χ2n) is 5.00. The van der Waals surface area contributed by atoms with Gasteiger partial charge < -0.3 is 10.1 Å². The maximum atomic E-state index is 12.2. The molecule has 3 heteroatoms. The van der Waals surface area contributed by atoms with E-state index in [9.17, 15) is 4.79 Å². The maximum Gasteiger partial charge on any atom is 0.179 e. The van der Waals surface area contributed by atoms with Crippen LogP contribution in [0.25, 0.3) is 0 Å². The summed E-state index contributed by atoms with van der Waals surface area (Å²) in [6.07, 6.45) is 2.50. The number of hydrogen-bond acceptors (Lipinski definition) is 3. The third-order valence-corrected chi connectivity index (χ3v) is 3.41. The van der Waals surface area contributed by atoms with Crippen molar-refractivity contribution in [2.45, 2.75) is 38.8 Å². The van der Waals surface area contributed by atoms with Gasteiger partial charge in [0, 0.05) is 18.7 Å². The molecule has 2 rings (SSSR count). The van der Waals surface area contributed by atoms with Crippen LogP contribution in [0.3, 0.4) is 0 Å². The van der Waals surface area contributed by atoms with Crippen molar-refractivity contribution in [3.05, 3.63) is 35.4 Å². The molecule has 1 aliphatic heterocycles. The molecule has 1 aromatic rings. The molecule has 0 bridgehead atoms. The average Bonchev–Trinajstić information content (AvgIpc) is 2.89. The van der Waals surface area contributed by atoms with Crippen LogP contribution >= 0.6 is 0 Å². The standard InChI is InChI=1S/C15H21NO2/c1-11-5-7-13(8-6-11)15(17)12(2)16-10-14-4-3-9-18-14/h5-8,12,14,16H,3-4,9-10H2,1-2H3. The first-order chi connectivity index (χ1) is 8.66. The molecule has 3 nitrogen and oxygen atoms in total. The number of hydrogen-bond donors (Lipinski definition) is 1. The van der Waals surface area contributed by atoms with Gasteiger partial charge in [-0.1, -0.05) is 29.8 Å². The Morgan fingerprint density at radius 3 is 2.78 bits per heavy atom. The summed E-state index contributed by atoms with van der Waals surface area (Å²) in [6.45, 7) is 5.55. The lowest BCUT2D eigenvalue weighted by Gasteiger charge is -2.16. The highest BCUT2D eigenvalue weighted by Gasteiger charge is 2.19. The second-order valence-corrected chi connectivity index (χ2v) is 5.00. The summed E-state index contributed by atoms with van der Waals surface area (Å²) >= 11 is 0. The van der Waals surface area contributed by atoms with E-state index in [1.807, 2.05) is 38.1 Å². The zero-order chi connectivity index (χ0) is 13.0. The van der Waals surface area contributed by atoms with E-state index in [2.05, 4.69) is 5.32 Å². The van der Waals surface area contributed by atoms with Crippen molar-refractivity contribution in [3.63, 3.8) is 0 Å². The van der Waals surface area contributed by atoms with Gasteiger partial charge in [-0.2, -0.15) is 0 Å². The Kier molecular flexibility index (Phi) is 4.50. The lowest BCUT2D eigenvalue weighted by molar-refractivity contribution is 0.0902. The molecular formula is C15H21NO2. The minimum absolute atomic E-state index is 0.146. The van der Waals surface area contributed by atoms with Crippen molar-refractivity contribution >= 4 is 5.78 Å². The quantitative estimate of drug-likeness (QED) is 0.812. The van der Waals surface area contributed by atoms with Gasteiger partial charge in [-0.15, -0.1) is 0 Å². The molecule has 0 aromatic heterocycles. The van der Waals surface area contributed by atoms with Gasteiger partial charge in [0.05, 0.1) is 12.1 Å². The summed E-state index contributed by atoms with van der Waals surface area (Å²) < 4.78 is 5.53. The molecule has 1 saturated heterocycles. The van der Waals surface area contributed by atoms with Crippen molar-refractivity contribution < 1.29 is 9.53 Å². The number of benzene rings is 1. The van der Waals surface area contributed by atoms with E-state index in [0.29, 0.717) is 0 Å². The summed E-state index contributed by atoms with van der Waals surface area (Å²) in [4.78, 5) is 12.2. The van der Waals surface area contributed by atoms with Gasteiger partial charge in [-0.25, -0.2) is 0 Å². The molecule has 0 saturated carbocycles. The van der Waals surface area contributed by atoms with Crippen molar-refractivity contribution in [2.24, 2.45) is 0 Å². The lowest BCUT2D eigenvalue weighted by Crippen LogP contribution is -2.38. The molecular weight excluding hydrogens is 226 g/mol. The number of rotatable bonds is 5. The highest BCUT2D eigenvalue weighted by atomic mass is 16.5. The van der Waals surface area contributed by atoms with E-state index in [-0.39, 0.29) is 17.9 Å². The molecule has 2 unspecified atom stereocenters. The van der Waals surface area contributed by atoms with Gasteiger partial charge in [0.25, 0.3) is 0 Å². The summed E-state index contributed by atoms with van der Waals surface area (Å²) in [7, 11) is 0. The smallest absolute Gasteiger partial charge is 0.179 e. The fraction of sp³-hybridized carbons (Fsp3) is 0.533. The van der Waals surface area contributed by atoms with Crippen molar-refractivity contribution in [1.29, 1.82) is 0 Å². The summed E-state index contributed by atoms with van der Waals surface area (Å²) in [5.74, 6) is 0.146. The molecule has 0 radical (unpaired) electrons. The Bertz CT molecular complexity index is 393. The maximum absolute atomic E-state index is 12.2. The third-order valence-electron chi connectivity index (χ3n) is 3.41. The van der Waals surface area contributed by atoms with Gasteiger partial charge in [-0.05, 0) is 26.7 Å². The topological polar surface area (TPSA) is 38.3 Å². The van der Waals surface area contributed by atoms with Crippen LogP contribution in [0.1, 0.15) is 35.7 Å². The second kappa shape index (κ2) is 6.12. The molecule has 0 aliphatic carbocycles. The van der Waals surface area contributed by atoms with E-state index in [0.717, 1.165) is 31.6 Å². The molecule has 98 valence electrons. The first-order valence-electron chi connectivity index (χ1n) is 6.62. The third kappa shape index (κ3) is 3.40. The van der Waals surface area contributed by atoms with Crippen LogP contribution < -0.4 is 5.32 Å². The van der Waals surface area contributed by atoms with Gasteiger partial charge in [0.1, 0.15) is 0 Å². The van der Waals surface area contributed by atoms with E-state index >= 15 is 0 Å².